The summed E-state index contributed by atoms with van der Waals surface area (Å²) in [7, 11) is 0. The van der Waals surface area contributed by atoms with Crippen molar-refractivity contribution in [1.29, 1.82) is 0 Å². The van der Waals surface area contributed by atoms with Crippen LogP contribution in [0.1, 0.15) is 31.8 Å². The number of hydrogen-bond donors (Lipinski definition) is 0. The second-order valence-corrected chi connectivity index (χ2v) is 8.08. The first-order valence-electron chi connectivity index (χ1n) is 8.19. The third-order valence-electron chi connectivity index (χ3n) is 3.82. The Labute approximate surface area is 162 Å². The first-order chi connectivity index (χ1) is 12.5. The van der Waals surface area contributed by atoms with E-state index in [1.165, 1.54) is 23.5 Å². The highest BCUT2D eigenvalue weighted by Crippen LogP contribution is 2.28. The van der Waals surface area contributed by atoms with Crippen LogP contribution in [0.5, 0.6) is 0 Å². The van der Waals surface area contributed by atoms with E-state index in [1.807, 2.05) is 86.6 Å². The molecule has 0 bridgehead atoms. The van der Waals surface area contributed by atoms with Crippen molar-refractivity contribution in [2.75, 3.05) is 0 Å². The van der Waals surface area contributed by atoms with Gasteiger partial charge in [0.1, 0.15) is 0 Å². The molecule has 0 aliphatic rings. The van der Waals surface area contributed by atoms with Crippen molar-refractivity contribution >= 4 is 33.8 Å². The van der Waals surface area contributed by atoms with Gasteiger partial charge in [-0.3, -0.25) is 9.59 Å². The lowest BCUT2D eigenvalue weighted by Crippen LogP contribution is -1.94. The number of aryl methyl sites for hydroxylation is 2. The van der Waals surface area contributed by atoms with Gasteiger partial charge in [-0.2, -0.15) is 0 Å². The third-order valence-corrected chi connectivity index (χ3v) is 5.68. The predicted octanol–water partition coefficient (Wildman–Crippen LogP) is 6.17. The van der Waals surface area contributed by atoms with Gasteiger partial charge >= 0.3 is 0 Å². The molecule has 3 rings (SSSR count). The van der Waals surface area contributed by atoms with Crippen LogP contribution in [0.3, 0.4) is 0 Å². The summed E-state index contributed by atoms with van der Waals surface area (Å²) >= 11 is 2.39. The maximum absolute atomic E-state index is 12.3. The van der Waals surface area contributed by atoms with E-state index in [0.29, 0.717) is 11.1 Å². The number of carbonyl (C=O) groups excluding carboxylic acids is 2. The molecule has 0 unspecified atom stereocenters. The molecule has 2 nitrogen and oxygen atoms in total. The highest BCUT2D eigenvalue weighted by atomic mass is 32.2. The summed E-state index contributed by atoms with van der Waals surface area (Å²) in [5.74, 6) is 0. The molecule has 3 aromatic rings. The highest BCUT2D eigenvalue weighted by Gasteiger charge is 2.10. The molecule has 0 aliphatic carbocycles. The molecule has 0 atom stereocenters. The quantitative estimate of drug-likeness (QED) is 0.509. The van der Waals surface area contributed by atoms with Crippen LogP contribution in [0.2, 0.25) is 0 Å². The lowest BCUT2D eigenvalue weighted by Gasteiger charge is -2.04. The summed E-state index contributed by atoms with van der Waals surface area (Å²) in [6.07, 6.45) is 0. The molecule has 3 aromatic carbocycles. The van der Waals surface area contributed by atoms with Crippen molar-refractivity contribution in [2.45, 2.75) is 23.6 Å². The van der Waals surface area contributed by atoms with Gasteiger partial charge in [0.15, 0.2) is 0 Å². The first-order valence-corrected chi connectivity index (χ1v) is 9.82. The van der Waals surface area contributed by atoms with E-state index in [4.69, 9.17) is 0 Å². The fourth-order valence-electron chi connectivity index (χ4n) is 2.29. The van der Waals surface area contributed by atoms with Gasteiger partial charge < -0.3 is 0 Å². The van der Waals surface area contributed by atoms with Crippen LogP contribution < -0.4 is 0 Å². The van der Waals surface area contributed by atoms with E-state index >= 15 is 0 Å². The van der Waals surface area contributed by atoms with Gasteiger partial charge in [0.25, 0.3) is 0 Å². The summed E-state index contributed by atoms with van der Waals surface area (Å²) in [5.41, 5.74) is 3.64. The summed E-state index contributed by atoms with van der Waals surface area (Å²) in [6.45, 7) is 3.99. The van der Waals surface area contributed by atoms with Gasteiger partial charge in [-0.15, -0.1) is 0 Å². The van der Waals surface area contributed by atoms with E-state index in [2.05, 4.69) is 0 Å². The van der Waals surface area contributed by atoms with E-state index < -0.39 is 0 Å². The number of benzene rings is 3. The van der Waals surface area contributed by atoms with Crippen molar-refractivity contribution < 1.29 is 9.59 Å². The van der Waals surface area contributed by atoms with E-state index in [9.17, 15) is 9.59 Å². The molecular formula is C22H18O2S2. The van der Waals surface area contributed by atoms with Crippen LogP contribution in [-0.4, -0.2) is 10.2 Å². The minimum atomic E-state index is 0.0149. The highest BCUT2D eigenvalue weighted by molar-refractivity contribution is 8.14. The van der Waals surface area contributed by atoms with Crippen LogP contribution in [0.25, 0.3) is 0 Å². The zero-order chi connectivity index (χ0) is 18.5. The Morgan fingerprint density at radius 1 is 0.538 bits per heavy atom. The van der Waals surface area contributed by atoms with Crippen LogP contribution >= 0.6 is 23.5 Å². The molecule has 0 amide bonds. The number of carbonyl (C=O) groups is 2. The first kappa shape index (κ1) is 18.5. The smallest absolute Gasteiger partial charge is 0.224 e. The fraction of sp³-hybridized carbons (Fsp3) is 0.0909. The molecule has 0 fully saturated rings. The molecular weight excluding hydrogens is 360 g/mol. The van der Waals surface area contributed by atoms with Crippen LogP contribution in [0, 0.1) is 13.8 Å². The van der Waals surface area contributed by atoms with Crippen molar-refractivity contribution in [2.24, 2.45) is 0 Å². The molecule has 0 N–H and O–H groups in total. The van der Waals surface area contributed by atoms with Crippen molar-refractivity contribution in [3.63, 3.8) is 0 Å². The third kappa shape index (κ3) is 4.87. The van der Waals surface area contributed by atoms with Gasteiger partial charge in [-0.25, -0.2) is 0 Å². The van der Waals surface area contributed by atoms with Gasteiger partial charge in [-0.05, 0) is 61.6 Å². The van der Waals surface area contributed by atoms with Gasteiger partial charge in [0.2, 0.25) is 10.2 Å². The molecule has 0 spiro atoms. The molecule has 0 heterocycles. The average Bonchev–Trinajstić information content (AvgIpc) is 2.64. The molecule has 26 heavy (non-hydrogen) atoms. The second kappa shape index (κ2) is 8.39. The predicted molar refractivity (Wildman–Crippen MR) is 109 cm³/mol. The molecule has 0 radical (unpaired) electrons. The number of thioether (sulfide) groups is 2. The number of rotatable bonds is 4. The number of hydrogen-bond acceptors (Lipinski definition) is 4. The Bertz CT molecular complexity index is 833. The molecule has 130 valence electrons. The van der Waals surface area contributed by atoms with E-state index in [1.54, 1.807) is 0 Å². The Morgan fingerprint density at radius 2 is 0.846 bits per heavy atom. The maximum Gasteiger partial charge on any atom is 0.224 e. The minimum absolute atomic E-state index is 0.0149. The maximum atomic E-state index is 12.3. The zero-order valence-corrected chi connectivity index (χ0v) is 16.2. The Kier molecular flexibility index (Phi) is 5.96. The van der Waals surface area contributed by atoms with Crippen LogP contribution in [0.4, 0.5) is 0 Å². The van der Waals surface area contributed by atoms with E-state index in [0.717, 1.165) is 20.9 Å². The molecule has 0 saturated carbocycles. The second-order valence-electron chi connectivity index (χ2n) is 5.98. The Morgan fingerprint density at radius 3 is 1.15 bits per heavy atom. The van der Waals surface area contributed by atoms with Gasteiger partial charge in [-0.1, -0.05) is 59.7 Å². The summed E-state index contributed by atoms with van der Waals surface area (Å²) in [4.78, 5) is 26.3. The SMILES string of the molecule is Cc1ccc(C(=O)Sc2ccc(SC(=O)c3ccc(C)cc3)cc2)cc1. The normalized spacial score (nSPS) is 10.5. The van der Waals surface area contributed by atoms with Crippen molar-refractivity contribution in [3.8, 4) is 0 Å². The van der Waals surface area contributed by atoms with Crippen LogP contribution in [-0.2, 0) is 0 Å². The topological polar surface area (TPSA) is 34.1 Å². The lowest BCUT2D eigenvalue weighted by atomic mass is 10.2. The molecule has 0 aliphatic heterocycles. The standard InChI is InChI=1S/C22H18O2S2/c1-15-3-7-17(8-4-15)21(23)25-19-11-13-20(14-12-19)26-22(24)18-9-5-16(2)6-10-18/h3-14H,1-2H3. The largest absolute Gasteiger partial charge is 0.281 e. The molecule has 4 heteroatoms. The average molecular weight is 379 g/mol. The van der Waals surface area contributed by atoms with Gasteiger partial charge in [0.05, 0.1) is 0 Å². The fourth-order valence-corrected chi connectivity index (χ4v) is 3.77. The van der Waals surface area contributed by atoms with Crippen LogP contribution in [0.15, 0.2) is 82.6 Å². The van der Waals surface area contributed by atoms with Gasteiger partial charge in [0, 0.05) is 20.9 Å². The Hall–Kier alpha value is -2.30. The summed E-state index contributed by atoms with van der Waals surface area (Å²) in [5, 5.41) is 0.0299. The summed E-state index contributed by atoms with van der Waals surface area (Å²) in [6, 6.07) is 22.6. The minimum Gasteiger partial charge on any atom is -0.281 e. The summed E-state index contributed by atoms with van der Waals surface area (Å²) < 4.78 is 0. The molecule has 0 aromatic heterocycles. The molecule has 0 saturated heterocycles. The zero-order valence-electron chi connectivity index (χ0n) is 14.6. The van der Waals surface area contributed by atoms with Crippen molar-refractivity contribution in [1.82, 2.24) is 0 Å². The van der Waals surface area contributed by atoms with E-state index in [-0.39, 0.29) is 10.2 Å². The lowest BCUT2D eigenvalue weighted by molar-refractivity contribution is 0.108. The monoisotopic (exact) mass is 378 g/mol. The van der Waals surface area contributed by atoms with Crippen molar-refractivity contribution in [3.05, 3.63) is 95.1 Å². The Balaban J connectivity index is 1.62.